The molecular formula is C5H6O. The minimum Gasteiger partial charge on any atom is -0.377 e. The van der Waals surface area contributed by atoms with Gasteiger partial charge in [-0.2, -0.15) is 0 Å². The van der Waals surface area contributed by atoms with Crippen LogP contribution in [0.3, 0.4) is 0 Å². The Bertz CT molecular complexity index is 78.4. The predicted octanol–water partition coefficient (Wildman–Crippen LogP) is 0.167. The maximum absolute atomic E-state index is 8.31. The van der Waals surface area contributed by atoms with Gasteiger partial charge in [-0.3, -0.25) is 0 Å². The normalized spacial score (nSPS) is 12.0. The minimum atomic E-state index is -0.773. The molecule has 0 aromatic carbocycles. The minimum absolute atomic E-state index is 0.773. The van der Waals surface area contributed by atoms with Gasteiger partial charge in [0.15, 0.2) is 0 Å². The Morgan fingerprint density at radius 3 is 2.50 bits per heavy atom. The van der Waals surface area contributed by atoms with Crippen LogP contribution in [0.2, 0.25) is 0 Å². The number of aliphatic hydroxyl groups excluding tert-OH is 1. The molecule has 32 valence electrons. The third-order valence-electron chi connectivity index (χ3n) is 0.394. The summed E-state index contributed by atoms with van der Waals surface area (Å²) in [4.78, 5) is 0. The van der Waals surface area contributed by atoms with Crippen molar-refractivity contribution < 1.29 is 5.11 Å². The van der Waals surface area contributed by atoms with Gasteiger partial charge in [-0.25, -0.2) is 0 Å². The number of hydrogen-bond acceptors (Lipinski definition) is 1. The fourth-order valence-corrected chi connectivity index (χ4v) is 0.0680. The van der Waals surface area contributed by atoms with Gasteiger partial charge in [-0.1, -0.05) is 18.6 Å². The van der Waals surface area contributed by atoms with Gasteiger partial charge >= 0.3 is 0 Å². The van der Waals surface area contributed by atoms with Crippen LogP contribution in [0.15, 0.2) is 12.7 Å². The van der Waals surface area contributed by atoms with E-state index in [-0.39, 0.29) is 0 Å². The summed E-state index contributed by atoms with van der Waals surface area (Å²) in [5.41, 5.74) is 0. The van der Waals surface area contributed by atoms with E-state index in [2.05, 4.69) is 12.5 Å². The van der Waals surface area contributed by atoms with E-state index < -0.39 is 6.10 Å². The molecule has 0 rings (SSSR count). The highest BCUT2D eigenvalue weighted by molar-refractivity contribution is 5.02. The molecule has 0 aliphatic heterocycles. The van der Waals surface area contributed by atoms with Gasteiger partial charge < -0.3 is 5.11 Å². The molecule has 0 fully saturated rings. The lowest BCUT2D eigenvalue weighted by Gasteiger charge is -1.84. The Balaban J connectivity index is 3.30. The second kappa shape index (κ2) is 2.49. The second-order valence-corrected chi connectivity index (χ2v) is 0.847. The molecule has 1 nitrogen and oxygen atoms in total. The SMILES string of the molecule is C#CC(O)C=C. The van der Waals surface area contributed by atoms with Crippen LogP contribution in [0.25, 0.3) is 0 Å². The summed E-state index contributed by atoms with van der Waals surface area (Å²) in [6, 6.07) is 0. The predicted molar refractivity (Wildman–Crippen MR) is 25.0 cm³/mol. The molecule has 0 saturated carbocycles. The number of rotatable bonds is 1. The van der Waals surface area contributed by atoms with Crippen molar-refractivity contribution in [3.8, 4) is 12.3 Å². The maximum Gasteiger partial charge on any atom is 0.132 e. The third kappa shape index (κ3) is 1.57. The van der Waals surface area contributed by atoms with E-state index >= 15 is 0 Å². The van der Waals surface area contributed by atoms with Crippen LogP contribution in [0.4, 0.5) is 0 Å². The lowest BCUT2D eigenvalue weighted by molar-refractivity contribution is 0.281. The average molecular weight is 82.1 g/mol. The Morgan fingerprint density at radius 2 is 2.50 bits per heavy atom. The molecule has 0 radical (unpaired) electrons. The van der Waals surface area contributed by atoms with E-state index in [9.17, 15) is 0 Å². The molecule has 0 aliphatic rings. The van der Waals surface area contributed by atoms with E-state index in [4.69, 9.17) is 11.5 Å². The Kier molecular flexibility index (Phi) is 2.19. The quantitative estimate of drug-likeness (QED) is 0.353. The molecule has 0 heterocycles. The zero-order valence-electron chi connectivity index (χ0n) is 3.39. The van der Waals surface area contributed by atoms with Crippen LogP contribution in [0.1, 0.15) is 0 Å². The lowest BCUT2D eigenvalue weighted by Crippen LogP contribution is -1.93. The Labute approximate surface area is 37.3 Å². The van der Waals surface area contributed by atoms with Gasteiger partial charge in [-0.15, -0.1) is 6.42 Å². The van der Waals surface area contributed by atoms with Gasteiger partial charge in [0.2, 0.25) is 0 Å². The molecule has 0 amide bonds. The van der Waals surface area contributed by atoms with E-state index in [0.717, 1.165) is 0 Å². The molecule has 6 heavy (non-hydrogen) atoms. The molecule has 0 bridgehead atoms. The number of terminal acetylenes is 1. The van der Waals surface area contributed by atoms with Crippen molar-refractivity contribution in [1.29, 1.82) is 0 Å². The summed E-state index contributed by atoms with van der Waals surface area (Å²) >= 11 is 0. The van der Waals surface area contributed by atoms with Crippen molar-refractivity contribution >= 4 is 0 Å². The molecule has 0 saturated heterocycles. The first-order valence-electron chi connectivity index (χ1n) is 1.58. The van der Waals surface area contributed by atoms with E-state index in [1.54, 1.807) is 0 Å². The Hall–Kier alpha value is -0.740. The van der Waals surface area contributed by atoms with Crippen LogP contribution in [-0.4, -0.2) is 11.2 Å². The summed E-state index contributed by atoms with van der Waals surface area (Å²) in [5, 5.41) is 8.31. The molecule has 0 aromatic rings. The van der Waals surface area contributed by atoms with Crippen molar-refractivity contribution in [2.24, 2.45) is 0 Å². The summed E-state index contributed by atoms with van der Waals surface area (Å²) in [5.74, 6) is 2.05. The van der Waals surface area contributed by atoms with Gasteiger partial charge in [-0.05, 0) is 0 Å². The van der Waals surface area contributed by atoms with Crippen molar-refractivity contribution in [2.45, 2.75) is 6.10 Å². The Morgan fingerprint density at radius 1 is 2.00 bits per heavy atom. The molecule has 1 atom stereocenters. The smallest absolute Gasteiger partial charge is 0.132 e. The van der Waals surface area contributed by atoms with Gasteiger partial charge in [0.25, 0.3) is 0 Å². The van der Waals surface area contributed by atoms with E-state index in [0.29, 0.717) is 0 Å². The third-order valence-corrected chi connectivity index (χ3v) is 0.394. The summed E-state index contributed by atoms with van der Waals surface area (Å²) < 4.78 is 0. The van der Waals surface area contributed by atoms with E-state index in [1.807, 2.05) is 0 Å². The average Bonchev–Trinajstić information content (AvgIpc) is 1.65. The van der Waals surface area contributed by atoms with Gasteiger partial charge in [0.05, 0.1) is 0 Å². The molecular weight excluding hydrogens is 76.1 g/mol. The van der Waals surface area contributed by atoms with E-state index in [1.165, 1.54) is 6.08 Å². The highest BCUT2D eigenvalue weighted by Gasteiger charge is 1.81. The first kappa shape index (κ1) is 5.26. The zero-order chi connectivity index (χ0) is 4.99. The maximum atomic E-state index is 8.31. The summed E-state index contributed by atoms with van der Waals surface area (Å²) in [6.45, 7) is 3.24. The van der Waals surface area contributed by atoms with Crippen LogP contribution in [0.5, 0.6) is 0 Å². The lowest BCUT2D eigenvalue weighted by atomic mass is 10.4. The van der Waals surface area contributed by atoms with Crippen LogP contribution < -0.4 is 0 Å². The highest BCUT2D eigenvalue weighted by atomic mass is 16.3. The van der Waals surface area contributed by atoms with Crippen LogP contribution in [-0.2, 0) is 0 Å². The summed E-state index contributed by atoms with van der Waals surface area (Å²) in [6.07, 6.45) is 5.23. The van der Waals surface area contributed by atoms with Gasteiger partial charge in [0, 0.05) is 0 Å². The van der Waals surface area contributed by atoms with Crippen LogP contribution in [0, 0.1) is 12.3 Å². The number of hydrogen-bond donors (Lipinski definition) is 1. The first-order chi connectivity index (χ1) is 2.81. The van der Waals surface area contributed by atoms with Crippen LogP contribution >= 0.6 is 0 Å². The highest BCUT2D eigenvalue weighted by Crippen LogP contribution is 1.73. The molecule has 1 unspecified atom stereocenters. The molecule has 0 aromatic heterocycles. The fourth-order valence-electron chi connectivity index (χ4n) is 0.0680. The standard InChI is InChI=1S/C5H6O/c1-3-5(6)4-2/h1,4-6H,2H2. The first-order valence-corrected chi connectivity index (χ1v) is 1.58. The molecule has 1 N–H and O–H groups in total. The van der Waals surface area contributed by atoms with Crippen molar-refractivity contribution in [3.05, 3.63) is 12.7 Å². The molecule has 0 spiro atoms. The number of aliphatic hydroxyl groups is 1. The zero-order valence-corrected chi connectivity index (χ0v) is 3.39. The van der Waals surface area contributed by atoms with Crippen molar-refractivity contribution in [3.63, 3.8) is 0 Å². The molecule has 1 heteroatoms. The topological polar surface area (TPSA) is 20.2 Å². The van der Waals surface area contributed by atoms with Crippen molar-refractivity contribution in [1.82, 2.24) is 0 Å². The fraction of sp³-hybridized carbons (Fsp3) is 0.200. The largest absolute Gasteiger partial charge is 0.377 e. The second-order valence-electron chi connectivity index (χ2n) is 0.847. The van der Waals surface area contributed by atoms with Crippen molar-refractivity contribution in [2.75, 3.05) is 0 Å². The van der Waals surface area contributed by atoms with Gasteiger partial charge in [0.1, 0.15) is 6.10 Å². The monoisotopic (exact) mass is 82.0 g/mol. The summed E-state index contributed by atoms with van der Waals surface area (Å²) in [7, 11) is 0. The molecule has 0 aliphatic carbocycles.